The number of rotatable bonds is 1. The Morgan fingerprint density at radius 1 is 1.43 bits per heavy atom. The smallest absolute Gasteiger partial charge is 0.207 e. The second-order valence-corrected chi connectivity index (χ2v) is 6.42. The van der Waals surface area contributed by atoms with Crippen molar-refractivity contribution in [2.24, 2.45) is 0 Å². The summed E-state index contributed by atoms with van der Waals surface area (Å²) < 4.78 is 22.6. The Bertz CT molecular complexity index is 521. The van der Waals surface area contributed by atoms with Gasteiger partial charge in [0.1, 0.15) is 11.0 Å². The lowest BCUT2D eigenvalue weighted by Gasteiger charge is -2.03. The van der Waals surface area contributed by atoms with E-state index in [4.69, 9.17) is 27.5 Å². The molecule has 0 amide bonds. The predicted octanol–water partition coefficient (Wildman–Crippen LogP) is 2.74. The Morgan fingerprint density at radius 2 is 2.00 bits per heavy atom. The van der Waals surface area contributed by atoms with E-state index in [2.05, 4.69) is 0 Å². The highest BCUT2D eigenvalue weighted by Crippen LogP contribution is 2.28. The number of hydrogen-bond acceptors (Lipinski definition) is 3. The highest BCUT2D eigenvalue weighted by atomic mass is 127. The van der Waals surface area contributed by atoms with Crippen molar-refractivity contribution in [3.8, 4) is 6.07 Å². The molecule has 0 aliphatic heterocycles. The summed E-state index contributed by atoms with van der Waals surface area (Å²) in [7, 11) is 1.26. The third kappa shape index (κ3) is 2.51. The molecule has 0 aliphatic rings. The summed E-state index contributed by atoms with van der Waals surface area (Å²) in [5, 5.41) is 9.00. The molecule has 0 unspecified atom stereocenters. The molecule has 1 rings (SSSR count). The van der Waals surface area contributed by atoms with Gasteiger partial charge in [-0.15, -0.1) is 0 Å². The minimum absolute atomic E-state index is 0.0445. The molecule has 0 spiro atoms. The number of benzene rings is 1. The molecule has 0 aromatic heterocycles. The molecule has 1 aromatic carbocycles. The fourth-order valence-electron chi connectivity index (χ4n) is 0.891. The first-order valence-corrected chi connectivity index (χ1v) is 6.96. The van der Waals surface area contributed by atoms with Crippen LogP contribution in [0.2, 0.25) is 5.02 Å². The highest BCUT2D eigenvalue weighted by Gasteiger charge is 2.20. The van der Waals surface area contributed by atoms with E-state index in [0.717, 1.165) is 0 Å². The predicted molar refractivity (Wildman–Crippen MR) is 61.9 cm³/mol. The van der Waals surface area contributed by atoms with Crippen LogP contribution in [0.3, 0.4) is 0 Å². The average molecular weight is 362 g/mol. The fourth-order valence-corrected chi connectivity index (χ4v) is 4.34. The molecule has 14 heavy (non-hydrogen) atoms. The number of halogens is 3. The van der Waals surface area contributed by atoms with E-state index < -0.39 is 9.05 Å². The zero-order chi connectivity index (χ0) is 10.9. The van der Waals surface area contributed by atoms with Crippen LogP contribution < -0.4 is 0 Å². The molecular formula is C7H2Cl2INO2S. The molecule has 0 fully saturated rings. The summed E-state index contributed by atoms with van der Waals surface area (Å²) in [6.45, 7) is 0. The first kappa shape index (κ1) is 12.0. The minimum Gasteiger partial charge on any atom is -0.207 e. The fraction of sp³-hybridized carbons (Fsp3) is 0. The molecule has 0 N–H and O–H groups in total. The highest BCUT2D eigenvalue weighted by molar-refractivity contribution is 14.1. The summed E-state index contributed by atoms with van der Waals surface area (Å²) in [5.41, 5.74) is -0.0445. The quantitative estimate of drug-likeness (QED) is 0.570. The van der Waals surface area contributed by atoms with Crippen molar-refractivity contribution in [1.82, 2.24) is 0 Å². The monoisotopic (exact) mass is 361 g/mol. The Hall–Kier alpha value is -0.0300. The van der Waals surface area contributed by atoms with Gasteiger partial charge in [0.25, 0.3) is 9.05 Å². The van der Waals surface area contributed by atoms with Crippen molar-refractivity contribution in [3.05, 3.63) is 26.3 Å². The van der Waals surface area contributed by atoms with Gasteiger partial charge in [-0.25, -0.2) is 8.42 Å². The molecule has 0 saturated carbocycles. The van der Waals surface area contributed by atoms with Gasteiger partial charge in [-0.3, -0.25) is 0 Å². The molecule has 1 aromatic rings. The molecule has 0 heterocycles. The van der Waals surface area contributed by atoms with Gasteiger partial charge in [-0.2, -0.15) is 5.26 Å². The SMILES string of the molecule is N#Cc1cc(Cl)cc(I)c1S(=O)(=O)Cl. The van der Waals surface area contributed by atoms with Crippen molar-refractivity contribution >= 4 is 53.9 Å². The van der Waals surface area contributed by atoms with Crippen LogP contribution in [-0.2, 0) is 9.05 Å². The van der Waals surface area contributed by atoms with E-state index in [1.165, 1.54) is 12.1 Å². The van der Waals surface area contributed by atoms with Crippen LogP contribution in [0.15, 0.2) is 17.0 Å². The molecule has 0 bridgehead atoms. The normalized spacial score (nSPS) is 11.0. The number of hydrogen-bond donors (Lipinski definition) is 0. The van der Waals surface area contributed by atoms with Gasteiger partial charge in [0, 0.05) is 19.3 Å². The topological polar surface area (TPSA) is 57.9 Å². The molecule has 0 atom stereocenters. The minimum atomic E-state index is -3.91. The molecule has 0 saturated heterocycles. The summed E-state index contributed by atoms with van der Waals surface area (Å²) >= 11 is 7.42. The molecule has 74 valence electrons. The Labute approximate surface area is 104 Å². The molecule has 0 radical (unpaired) electrons. The average Bonchev–Trinajstić information content (AvgIpc) is 1.99. The van der Waals surface area contributed by atoms with Gasteiger partial charge in [-0.05, 0) is 34.7 Å². The van der Waals surface area contributed by atoms with Crippen molar-refractivity contribution in [2.75, 3.05) is 0 Å². The van der Waals surface area contributed by atoms with E-state index >= 15 is 0 Å². The summed E-state index contributed by atoms with van der Waals surface area (Å²) in [5.74, 6) is 0. The summed E-state index contributed by atoms with van der Waals surface area (Å²) in [4.78, 5) is -0.188. The zero-order valence-electron chi connectivity index (χ0n) is 6.46. The van der Waals surface area contributed by atoms with Gasteiger partial charge in [0.2, 0.25) is 0 Å². The molecular weight excluding hydrogens is 360 g/mol. The Balaban J connectivity index is 3.68. The lowest BCUT2D eigenvalue weighted by Crippen LogP contribution is -1.98. The first-order chi connectivity index (χ1) is 6.36. The second kappa shape index (κ2) is 4.23. The van der Waals surface area contributed by atoms with Crippen LogP contribution >= 0.6 is 44.9 Å². The summed E-state index contributed by atoms with van der Waals surface area (Å²) in [6, 6.07) is 4.42. The van der Waals surface area contributed by atoms with Crippen LogP contribution in [-0.4, -0.2) is 8.42 Å². The van der Waals surface area contributed by atoms with Gasteiger partial charge in [0.15, 0.2) is 0 Å². The molecule has 3 nitrogen and oxygen atoms in total. The zero-order valence-corrected chi connectivity index (χ0v) is 10.9. The maximum atomic E-state index is 11.1. The van der Waals surface area contributed by atoms with E-state index in [1.807, 2.05) is 0 Å². The van der Waals surface area contributed by atoms with E-state index in [0.29, 0.717) is 8.59 Å². The lowest BCUT2D eigenvalue weighted by molar-refractivity contribution is 0.609. The standard InChI is InChI=1S/C7H2Cl2INO2S/c8-5-1-4(3-11)7(6(10)2-5)14(9,12)13/h1-2H. The molecule has 0 aliphatic carbocycles. The van der Waals surface area contributed by atoms with Gasteiger partial charge >= 0.3 is 0 Å². The third-order valence-corrected chi connectivity index (χ3v) is 4.20. The van der Waals surface area contributed by atoms with Gasteiger partial charge in [0.05, 0.1) is 5.56 Å². The Kier molecular flexibility index (Phi) is 3.63. The van der Waals surface area contributed by atoms with Crippen LogP contribution in [0.5, 0.6) is 0 Å². The van der Waals surface area contributed by atoms with Crippen LogP contribution in [0.25, 0.3) is 0 Å². The Morgan fingerprint density at radius 3 is 2.43 bits per heavy atom. The van der Waals surface area contributed by atoms with Crippen molar-refractivity contribution in [3.63, 3.8) is 0 Å². The maximum absolute atomic E-state index is 11.1. The van der Waals surface area contributed by atoms with Crippen molar-refractivity contribution < 1.29 is 8.42 Å². The van der Waals surface area contributed by atoms with Gasteiger partial charge < -0.3 is 0 Å². The number of nitriles is 1. The van der Waals surface area contributed by atoms with Crippen molar-refractivity contribution in [1.29, 1.82) is 5.26 Å². The van der Waals surface area contributed by atoms with E-state index in [-0.39, 0.29) is 10.5 Å². The van der Waals surface area contributed by atoms with Crippen LogP contribution in [0, 0.1) is 14.9 Å². The summed E-state index contributed by atoms with van der Waals surface area (Å²) in [6.07, 6.45) is 0. The van der Waals surface area contributed by atoms with Crippen LogP contribution in [0.1, 0.15) is 5.56 Å². The van der Waals surface area contributed by atoms with E-state index in [1.54, 1.807) is 28.7 Å². The molecule has 7 heteroatoms. The number of nitrogens with zero attached hydrogens (tertiary/aromatic N) is 1. The van der Waals surface area contributed by atoms with Gasteiger partial charge in [-0.1, -0.05) is 11.6 Å². The lowest BCUT2D eigenvalue weighted by atomic mass is 10.2. The second-order valence-electron chi connectivity index (χ2n) is 2.31. The first-order valence-electron chi connectivity index (χ1n) is 3.20. The van der Waals surface area contributed by atoms with Crippen LogP contribution in [0.4, 0.5) is 0 Å². The third-order valence-electron chi connectivity index (χ3n) is 1.37. The van der Waals surface area contributed by atoms with Crippen molar-refractivity contribution in [2.45, 2.75) is 4.90 Å². The largest absolute Gasteiger partial charge is 0.263 e. The van der Waals surface area contributed by atoms with E-state index in [9.17, 15) is 8.42 Å². The maximum Gasteiger partial charge on any atom is 0.263 e.